The maximum absolute atomic E-state index is 5.98. The molecule has 0 radical (unpaired) electrons. The number of hydrogen-bond donors (Lipinski definition) is 0. The predicted molar refractivity (Wildman–Crippen MR) is 86.1 cm³/mol. The Kier molecular flexibility index (Phi) is 13.2. The molecule has 0 aromatic carbocycles. The molecule has 0 spiro atoms. The zero-order valence-electron chi connectivity index (χ0n) is 14.4. The molecule has 0 fully saturated rings. The summed E-state index contributed by atoms with van der Waals surface area (Å²) in [6.07, 6.45) is 0. The van der Waals surface area contributed by atoms with Crippen molar-refractivity contribution in [3.05, 3.63) is 0 Å². The van der Waals surface area contributed by atoms with Gasteiger partial charge in [-0.25, -0.2) is 0 Å². The summed E-state index contributed by atoms with van der Waals surface area (Å²) in [5.41, 5.74) is 0. The van der Waals surface area contributed by atoms with Crippen LogP contribution in [0, 0.1) is 0 Å². The van der Waals surface area contributed by atoms with E-state index in [-0.39, 0.29) is 0 Å². The summed E-state index contributed by atoms with van der Waals surface area (Å²) in [4.78, 5) is 0. The van der Waals surface area contributed by atoms with Crippen molar-refractivity contribution < 1.29 is 20.5 Å². The van der Waals surface area contributed by atoms with Gasteiger partial charge < -0.3 is 0 Å². The number of rotatable bonds is 14. The zero-order valence-corrected chi connectivity index (χ0v) is 19.4. The molecule has 0 aliphatic heterocycles. The summed E-state index contributed by atoms with van der Waals surface area (Å²) < 4.78 is 36.4. The fraction of sp³-hybridized carbons (Fsp3) is 1.00. The zero-order chi connectivity index (χ0) is 16.2. The predicted octanol–water partition coefficient (Wildman–Crippen LogP) is 2.62. The molecule has 0 aliphatic carbocycles. The molecule has 21 heavy (non-hydrogen) atoms. The fourth-order valence-electron chi connectivity index (χ4n) is 2.14. The summed E-state index contributed by atoms with van der Waals surface area (Å²) in [6, 6.07) is 0. The molecule has 0 aliphatic rings. The van der Waals surface area contributed by atoms with Crippen molar-refractivity contribution in [3.63, 3.8) is 0 Å². The van der Waals surface area contributed by atoms with Crippen molar-refractivity contribution in [1.29, 1.82) is 0 Å². The Balaban J connectivity index is 5.30. The first-order valence-corrected chi connectivity index (χ1v) is 17.5. The van der Waals surface area contributed by atoms with Crippen molar-refractivity contribution in [2.45, 2.75) is 44.8 Å². The van der Waals surface area contributed by atoms with Gasteiger partial charge in [-0.1, -0.05) is 0 Å². The summed E-state index contributed by atoms with van der Waals surface area (Å²) in [6.45, 7) is 15.1. The van der Waals surface area contributed by atoms with E-state index in [0.29, 0.717) is 42.9 Å². The van der Waals surface area contributed by atoms with E-state index in [0.717, 1.165) is 0 Å². The van der Waals surface area contributed by atoms with E-state index in [1.54, 1.807) is 0 Å². The van der Waals surface area contributed by atoms with E-state index in [4.69, 9.17) is 20.5 Å². The van der Waals surface area contributed by atoms with Gasteiger partial charge in [-0.2, -0.15) is 0 Å². The molecule has 0 amide bonds. The van der Waals surface area contributed by atoms with E-state index in [1.165, 1.54) is 0 Å². The van der Waals surface area contributed by atoms with E-state index in [1.807, 2.05) is 41.5 Å². The van der Waals surface area contributed by atoms with Gasteiger partial charge in [0.1, 0.15) is 0 Å². The first-order chi connectivity index (χ1) is 10.1. The Morgan fingerprint density at radius 2 is 0.905 bits per heavy atom. The summed E-state index contributed by atoms with van der Waals surface area (Å²) >= 11 is -7.11. The Hall–Kier alpha value is 1.10. The van der Waals surface area contributed by atoms with Crippen LogP contribution in [0.4, 0.5) is 0 Å². The monoisotopic (exact) mass is 478 g/mol. The van der Waals surface area contributed by atoms with Gasteiger partial charge in [-0.3, -0.25) is 0 Å². The Labute approximate surface area is 138 Å². The third-order valence-electron chi connectivity index (χ3n) is 2.62. The summed E-state index contributed by atoms with van der Waals surface area (Å²) in [5.74, 6) is 0. The standard InChI is InChI=1S/C7H17GeO3.3C2H5O.Sn/c1-5-9-8(4,10-6-2)11-7-3;3*1-2-3;/h4-7H2,1-3H3;3*2H2,1H3;/q;3*-1;+3. The van der Waals surface area contributed by atoms with Crippen LogP contribution < -0.4 is 0 Å². The molecule has 0 aromatic heterocycles. The van der Waals surface area contributed by atoms with Crippen LogP contribution in [0.15, 0.2) is 0 Å². The van der Waals surface area contributed by atoms with Crippen LogP contribution in [0.2, 0.25) is 3.27 Å². The second-order valence-electron chi connectivity index (χ2n) is 4.14. The Bertz CT molecular complexity index is 199. The van der Waals surface area contributed by atoms with E-state index >= 15 is 0 Å². The first-order valence-electron chi connectivity index (χ1n) is 7.91. The topological polar surface area (TPSA) is 55.4 Å². The van der Waals surface area contributed by atoms with Gasteiger partial charge >= 0.3 is 139 Å². The van der Waals surface area contributed by atoms with Crippen molar-refractivity contribution in [1.82, 2.24) is 0 Å². The molecule has 6 nitrogen and oxygen atoms in total. The Morgan fingerprint density at radius 3 is 1.14 bits per heavy atom. The molecule has 8 heteroatoms. The summed E-state index contributed by atoms with van der Waals surface area (Å²) in [7, 11) is 0. The average Bonchev–Trinajstić information content (AvgIpc) is 2.40. The first kappa shape index (κ1) is 22.1. The molecule has 0 bridgehead atoms. The molecule has 0 rings (SSSR count). The maximum atomic E-state index is 5.98. The normalized spacial score (nSPS) is 12.9. The van der Waals surface area contributed by atoms with Gasteiger partial charge in [0, 0.05) is 0 Å². The molecule has 0 aromatic rings. The van der Waals surface area contributed by atoms with Crippen LogP contribution in [0.3, 0.4) is 0 Å². The van der Waals surface area contributed by atoms with Gasteiger partial charge in [0.05, 0.1) is 0 Å². The fourth-order valence-corrected chi connectivity index (χ4v) is 29.3. The van der Waals surface area contributed by atoms with Crippen LogP contribution in [0.5, 0.6) is 0 Å². The van der Waals surface area contributed by atoms with Crippen molar-refractivity contribution in [2.75, 3.05) is 39.6 Å². The van der Waals surface area contributed by atoms with Gasteiger partial charge in [0.25, 0.3) is 0 Å². The van der Waals surface area contributed by atoms with E-state index < -0.39 is 33.9 Å². The van der Waals surface area contributed by atoms with Gasteiger partial charge in [0.2, 0.25) is 0 Å². The van der Waals surface area contributed by atoms with Crippen LogP contribution in [0.1, 0.15) is 41.5 Å². The SMILES string of the molecule is CC[O][Ge]([CH2][Sn]([O]CC)([O]CC)[O]CC)([O]CC)[O]CC. The van der Waals surface area contributed by atoms with Gasteiger partial charge in [-0.05, 0) is 0 Å². The average molecular weight is 476 g/mol. The van der Waals surface area contributed by atoms with Crippen LogP contribution >= 0.6 is 0 Å². The minimum atomic E-state index is -3.69. The third-order valence-corrected chi connectivity index (χ3v) is 28.1. The van der Waals surface area contributed by atoms with Gasteiger partial charge in [-0.15, -0.1) is 0 Å². The number of hydrogen-bond acceptors (Lipinski definition) is 6. The second kappa shape index (κ2) is 12.5. The molecule has 0 atom stereocenters. The van der Waals surface area contributed by atoms with Crippen LogP contribution in [0.25, 0.3) is 0 Å². The van der Waals surface area contributed by atoms with Crippen LogP contribution in [-0.4, -0.2) is 73.5 Å². The molecule has 0 unspecified atom stereocenters. The minimum absolute atomic E-state index is 0.562. The van der Waals surface area contributed by atoms with Crippen molar-refractivity contribution >= 4 is 33.9 Å². The molecule has 0 heterocycles. The molecular formula is C13H32GeO6Sn. The Morgan fingerprint density at radius 1 is 0.571 bits per heavy atom. The van der Waals surface area contributed by atoms with Crippen molar-refractivity contribution in [2.24, 2.45) is 0 Å². The summed E-state index contributed by atoms with van der Waals surface area (Å²) in [5, 5.41) is 0. The molecule has 0 saturated heterocycles. The van der Waals surface area contributed by atoms with Crippen molar-refractivity contribution in [3.8, 4) is 0 Å². The van der Waals surface area contributed by atoms with Crippen LogP contribution in [-0.2, 0) is 20.5 Å². The second-order valence-corrected chi connectivity index (χ2v) is 21.2. The molecule has 128 valence electrons. The quantitative estimate of drug-likeness (QED) is 0.360. The molecule has 0 saturated carbocycles. The molecule has 0 N–H and O–H groups in total. The van der Waals surface area contributed by atoms with E-state index in [9.17, 15) is 0 Å². The third kappa shape index (κ3) is 7.96. The van der Waals surface area contributed by atoms with E-state index in [2.05, 4.69) is 0 Å². The van der Waals surface area contributed by atoms with Gasteiger partial charge in [0.15, 0.2) is 0 Å². The molecular weight excluding hydrogens is 443 g/mol.